The van der Waals surface area contributed by atoms with E-state index in [1.807, 2.05) is 0 Å². The van der Waals surface area contributed by atoms with Gasteiger partial charge >= 0.3 is 6.18 Å². The molecule has 0 aromatic heterocycles. The molecule has 0 fully saturated rings. The lowest BCUT2D eigenvalue weighted by Gasteiger charge is -2.12. The van der Waals surface area contributed by atoms with Gasteiger partial charge in [0, 0.05) is 17.3 Å². The van der Waals surface area contributed by atoms with Gasteiger partial charge in [0.2, 0.25) is 5.91 Å². The fourth-order valence-electron chi connectivity index (χ4n) is 1.54. The number of halogens is 3. The van der Waals surface area contributed by atoms with E-state index in [0.29, 0.717) is 11.3 Å². The van der Waals surface area contributed by atoms with Crippen LogP contribution in [0.15, 0.2) is 24.3 Å². The lowest BCUT2D eigenvalue weighted by atomic mass is 10.2. The molecule has 0 bridgehead atoms. The molecule has 0 spiro atoms. The summed E-state index contributed by atoms with van der Waals surface area (Å²) in [6.07, 6.45) is -4.45. The second kappa shape index (κ2) is 8.37. The third kappa shape index (κ3) is 7.50. The van der Waals surface area contributed by atoms with Crippen LogP contribution < -0.4 is 16.0 Å². The van der Waals surface area contributed by atoms with Crippen molar-refractivity contribution in [2.45, 2.75) is 19.1 Å². The molecule has 9 heteroatoms. The Morgan fingerprint density at radius 3 is 2.35 bits per heavy atom. The highest BCUT2D eigenvalue weighted by atomic mass is 19.4. The molecule has 1 aromatic carbocycles. The van der Waals surface area contributed by atoms with Gasteiger partial charge in [-0.05, 0) is 31.2 Å². The van der Waals surface area contributed by atoms with Gasteiger partial charge in [0.15, 0.2) is 0 Å². The Morgan fingerprint density at radius 1 is 1.22 bits per heavy atom. The summed E-state index contributed by atoms with van der Waals surface area (Å²) in [6, 6.07) is 5.66. The quantitative estimate of drug-likeness (QED) is 0.596. The summed E-state index contributed by atoms with van der Waals surface area (Å²) >= 11 is 0. The van der Waals surface area contributed by atoms with E-state index < -0.39 is 18.6 Å². The number of hydrogen-bond acceptors (Lipinski definition) is 4. The number of hydrogen-bond donors (Lipinski definition) is 4. The van der Waals surface area contributed by atoms with E-state index >= 15 is 0 Å². The van der Waals surface area contributed by atoms with Crippen LogP contribution >= 0.6 is 0 Å². The maximum Gasteiger partial charge on any atom is 0.405 e. The van der Waals surface area contributed by atoms with Crippen molar-refractivity contribution < 1.29 is 27.9 Å². The summed E-state index contributed by atoms with van der Waals surface area (Å²) < 4.78 is 35.8. The number of carbonyl (C=O) groups is 2. The molecule has 0 saturated carbocycles. The number of nitrogens with one attached hydrogen (secondary N) is 3. The van der Waals surface area contributed by atoms with E-state index in [2.05, 4.69) is 10.6 Å². The number of aliphatic hydroxyl groups excluding tert-OH is 1. The fraction of sp³-hybridized carbons (Fsp3) is 0.429. The van der Waals surface area contributed by atoms with Crippen LogP contribution in [0.2, 0.25) is 0 Å². The van der Waals surface area contributed by atoms with Crippen molar-refractivity contribution >= 4 is 17.5 Å². The van der Waals surface area contributed by atoms with Crippen LogP contribution in [-0.2, 0) is 4.79 Å². The van der Waals surface area contributed by atoms with Crippen LogP contribution in [-0.4, -0.2) is 48.8 Å². The van der Waals surface area contributed by atoms with Gasteiger partial charge in [-0.2, -0.15) is 13.2 Å². The van der Waals surface area contributed by atoms with Gasteiger partial charge in [0.25, 0.3) is 5.91 Å². The highest BCUT2D eigenvalue weighted by Crippen LogP contribution is 2.12. The highest BCUT2D eigenvalue weighted by Gasteiger charge is 2.27. The average molecular weight is 333 g/mol. The number of amides is 2. The van der Waals surface area contributed by atoms with Gasteiger partial charge in [-0.15, -0.1) is 0 Å². The van der Waals surface area contributed by atoms with Gasteiger partial charge in [0.1, 0.15) is 6.54 Å². The molecule has 0 aliphatic rings. The molecule has 1 aromatic rings. The topological polar surface area (TPSA) is 90.5 Å². The maximum absolute atomic E-state index is 11.9. The molecule has 1 rings (SSSR count). The first-order valence-corrected chi connectivity index (χ1v) is 6.80. The highest BCUT2D eigenvalue weighted by molar-refractivity contribution is 5.94. The molecule has 2 amide bonds. The summed E-state index contributed by atoms with van der Waals surface area (Å²) in [5.41, 5.74) is 0.844. The Hall–Kier alpha value is -2.29. The number of benzene rings is 1. The first-order chi connectivity index (χ1) is 10.7. The Balaban J connectivity index is 2.45. The zero-order valence-corrected chi connectivity index (χ0v) is 12.4. The molecule has 23 heavy (non-hydrogen) atoms. The van der Waals surface area contributed by atoms with E-state index in [1.54, 1.807) is 12.2 Å². The van der Waals surface area contributed by atoms with E-state index in [-0.39, 0.29) is 25.1 Å². The molecule has 1 atom stereocenters. The second-order valence-electron chi connectivity index (χ2n) is 4.88. The Labute approximate surface area is 131 Å². The molecule has 0 radical (unpaired) electrons. The first kappa shape index (κ1) is 18.8. The molecule has 0 saturated heterocycles. The summed E-state index contributed by atoms with van der Waals surface area (Å²) in [4.78, 5) is 23.0. The monoisotopic (exact) mass is 333 g/mol. The number of anilines is 1. The van der Waals surface area contributed by atoms with Crippen LogP contribution in [0.5, 0.6) is 0 Å². The molecule has 6 nitrogen and oxygen atoms in total. The van der Waals surface area contributed by atoms with Crippen LogP contribution in [0, 0.1) is 0 Å². The Kier molecular flexibility index (Phi) is 6.83. The summed E-state index contributed by atoms with van der Waals surface area (Å²) in [6.45, 7) is -0.232. The predicted octanol–water partition coefficient (Wildman–Crippen LogP) is 0.888. The number of aliphatic hydroxyl groups is 1. The second-order valence-corrected chi connectivity index (χ2v) is 4.88. The standard InChI is InChI=1S/C14H18F3N3O3/c1-9(7-21)20-13(23)10-2-4-11(5-3-10)18-6-12(22)19-8-14(15,16)17/h2-5,9,18,21H,6-8H2,1H3,(H,19,22)(H,20,23)/t9-/m0/s1. The van der Waals surface area contributed by atoms with E-state index in [9.17, 15) is 22.8 Å². The smallest absolute Gasteiger partial charge is 0.394 e. The maximum atomic E-state index is 11.9. The summed E-state index contributed by atoms with van der Waals surface area (Å²) in [5, 5.41) is 15.8. The van der Waals surface area contributed by atoms with Crippen molar-refractivity contribution in [1.82, 2.24) is 10.6 Å². The normalized spacial score (nSPS) is 12.4. The largest absolute Gasteiger partial charge is 0.405 e. The lowest BCUT2D eigenvalue weighted by Crippen LogP contribution is -2.37. The number of alkyl halides is 3. The molecule has 0 heterocycles. The fourth-order valence-corrected chi connectivity index (χ4v) is 1.54. The third-order valence-electron chi connectivity index (χ3n) is 2.74. The minimum absolute atomic E-state index is 0.182. The number of carbonyl (C=O) groups excluding carboxylic acids is 2. The summed E-state index contributed by atoms with van der Waals surface area (Å²) in [7, 11) is 0. The van der Waals surface area contributed by atoms with Gasteiger partial charge in [0.05, 0.1) is 13.2 Å². The van der Waals surface area contributed by atoms with Crippen LogP contribution in [0.1, 0.15) is 17.3 Å². The third-order valence-corrected chi connectivity index (χ3v) is 2.74. The molecule has 0 aliphatic carbocycles. The Bertz CT molecular complexity index is 532. The van der Waals surface area contributed by atoms with Crippen molar-refractivity contribution in [1.29, 1.82) is 0 Å². The molecular weight excluding hydrogens is 315 g/mol. The minimum Gasteiger partial charge on any atom is -0.394 e. The molecule has 0 unspecified atom stereocenters. The van der Waals surface area contributed by atoms with Gasteiger partial charge in [-0.1, -0.05) is 0 Å². The molecular formula is C14H18F3N3O3. The SMILES string of the molecule is C[C@@H](CO)NC(=O)c1ccc(NCC(=O)NCC(F)(F)F)cc1. The lowest BCUT2D eigenvalue weighted by molar-refractivity contribution is -0.137. The Morgan fingerprint density at radius 2 is 1.83 bits per heavy atom. The van der Waals surface area contributed by atoms with Crippen LogP contribution in [0.4, 0.5) is 18.9 Å². The van der Waals surface area contributed by atoms with Crippen LogP contribution in [0.25, 0.3) is 0 Å². The van der Waals surface area contributed by atoms with Gasteiger partial charge in [-0.3, -0.25) is 9.59 Å². The average Bonchev–Trinajstić information content (AvgIpc) is 2.50. The zero-order valence-electron chi connectivity index (χ0n) is 12.4. The van der Waals surface area contributed by atoms with Gasteiger partial charge in [-0.25, -0.2) is 0 Å². The van der Waals surface area contributed by atoms with E-state index in [1.165, 1.54) is 24.3 Å². The van der Waals surface area contributed by atoms with Gasteiger partial charge < -0.3 is 21.1 Å². The van der Waals surface area contributed by atoms with E-state index in [4.69, 9.17) is 5.11 Å². The van der Waals surface area contributed by atoms with Crippen molar-refractivity contribution in [3.05, 3.63) is 29.8 Å². The minimum atomic E-state index is -4.45. The summed E-state index contributed by atoms with van der Waals surface area (Å²) in [5.74, 6) is -1.15. The van der Waals surface area contributed by atoms with E-state index in [0.717, 1.165) is 0 Å². The van der Waals surface area contributed by atoms with Crippen molar-refractivity contribution in [2.75, 3.05) is 25.0 Å². The molecule has 128 valence electrons. The molecule has 4 N–H and O–H groups in total. The van der Waals surface area contributed by atoms with Crippen molar-refractivity contribution in [2.24, 2.45) is 0 Å². The number of rotatable bonds is 7. The zero-order chi connectivity index (χ0) is 17.5. The molecule has 0 aliphatic heterocycles. The van der Waals surface area contributed by atoms with Crippen molar-refractivity contribution in [3.8, 4) is 0 Å². The first-order valence-electron chi connectivity index (χ1n) is 6.80. The van der Waals surface area contributed by atoms with Crippen molar-refractivity contribution in [3.63, 3.8) is 0 Å². The van der Waals surface area contributed by atoms with Crippen LogP contribution in [0.3, 0.4) is 0 Å². The predicted molar refractivity (Wildman–Crippen MR) is 78.0 cm³/mol.